The minimum atomic E-state index is 0.0563. The Balaban J connectivity index is 1.70. The normalized spacial score (nSPS) is 18.7. The van der Waals surface area contributed by atoms with Gasteiger partial charge in [-0.05, 0) is 25.7 Å². The summed E-state index contributed by atoms with van der Waals surface area (Å²) in [5.41, 5.74) is 3.66. The highest BCUT2D eigenvalue weighted by atomic mass is 32.2. The summed E-state index contributed by atoms with van der Waals surface area (Å²) >= 11 is 1.54. The van der Waals surface area contributed by atoms with Gasteiger partial charge < -0.3 is 9.62 Å². The number of rotatable bonds is 4. The minimum Gasteiger partial charge on any atom is -0.431 e. The van der Waals surface area contributed by atoms with Gasteiger partial charge in [-0.15, -0.1) is 0 Å². The molecular formula is C23H22N2O2S. The molecule has 2 aromatic carbocycles. The van der Waals surface area contributed by atoms with Gasteiger partial charge in [-0.3, -0.25) is 0 Å². The maximum Gasteiger partial charge on any atom is 0.257 e. The Morgan fingerprint density at radius 1 is 0.929 bits per heavy atom. The summed E-state index contributed by atoms with van der Waals surface area (Å²) in [6.07, 6.45) is 7.84. The Bertz CT molecular complexity index is 908. The summed E-state index contributed by atoms with van der Waals surface area (Å²) in [4.78, 5) is 4.82. The van der Waals surface area contributed by atoms with Crippen LogP contribution in [-0.2, 0) is 0 Å². The highest BCUT2D eigenvalue weighted by molar-refractivity contribution is 8.00. The summed E-state index contributed by atoms with van der Waals surface area (Å²) in [6.45, 7) is 0. The lowest BCUT2D eigenvalue weighted by Crippen LogP contribution is -2.18. The summed E-state index contributed by atoms with van der Waals surface area (Å²) in [5.74, 6) is 0.766. The van der Waals surface area contributed by atoms with Crippen LogP contribution in [0.15, 0.2) is 87.6 Å². The quantitative estimate of drug-likeness (QED) is 0.317. The number of hydrogen-bond donors (Lipinski definition) is 1. The van der Waals surface area contributed by atoms with Gasteiger partial charge >= 0.3 is 0 Å². The zero-order valence-electron chi connectivity index (χ0n) is 15.5. The third kappa shape index (κ3) is 4.20. The Morgan fingerprint density at radius 2 is 1.61 bits per heavy atom. The van der Waals surface area contributed by atoms with Crippen LogP contribution in [0.4, 0.5) is 0 Å². The zero-order chi connectivity index (χ0) is 19.2. The molecule has 28 heavy (non-hydrogen) atoms. The highest BCUT2D eigenvalue weighted by Crippen LogP contribution is 2.38. The van der Waals surface area contributed by atoms with Crippen molar-refractivity contribution in [3.63, 3.8) is 0 Å². The van der Waals surface area contributed by atoms with Crippen LogP contribution in [0.3, 0.4) is 0 Å². The van der Waals surface area contributed by atoms with E-state index in [0.29, 0.717) is 5.22 Å². The molecule has 0 saturated carbocycles. The summed E-state index contributed by atoms with van der Waals surface area (Å²) in [6, 6.07) is 20.1. The average Bonchev–Trinajstić information content (AvgIpc) is 3.16. The number of hydrogen-bond acceptors (Lipinski definition) is 5. The maximum atomic E-state index is 9.47. The molecule has 4 nitrogen and oxygen atoms in total. The van der Waals surface area contributed by atoms with Crippen molar-refractivity contribution in [3.05, 3.63) is 72.8 Å². The van der Waals surface area contributed by atoms with Gasteiger partial charge in [0.1, 0.15) is 5.69 Å². The molecule has 0 saturated heterocycles. The second kappa shape index (κ2) is 8.93. The lowest BCUT2D eigenvalue weighted by atomic mass is 10.0. The van der Waals surface area contributed by atoms with E-state index in [1.165, 1.54) is 0 Å². The van der Waals surface area contributed by atoms with Gasteiger partial charge in [-0.25, -0.2) is 4.98 Å². The van der Waals surface area contributed by atoms with Crippen LogP contribution in [0.2, 0.25) is 0 Å². The van der Waals surface area contributed by atoms with Gasteiger partial charge in [0, 0.05) is 11.1 Å². The number of aromatic nitrogens is 1. The molecule has 4 rings (SSSR count). The third-order valence-corrected chi connectivity index (χ3v) is 5.93. The van der Waals surface area contributed by atoms with Crippen molar-refractivity contribution >= 4 is 17.5 Å². The molecule has 1 atom stereocenters. The molecule has 0 amide bonds. The largest absolute Gasteiger partial charge is 0.431 e. The standard InChI is InChI=1S/C23H22N2O2S/c26-25-19-15-9-1-2-10-16-20(19)28-23-24-21(17-11-5-3-6-12-17)22(27-23)18-13-7-4-8-14-18/h1-8,11-14,20,26H,9-10,15-16H2/b2-1?,25-19+/t20-/m1/s1. The maximum absolute atomic E-state index is 9.47. The molecule has 142 valence electrons. The molecule has 3 aromatic rings. The Hall–Kier alpha value is -2.79. The van der Waals surface area contributed by atoms with E-state index in [0.717, 1.165) is 54.0 Å². The zero-order valence-corrected chi connectivity index (χ0v) is 16.3. The number of nitrogens with zero attached hydrogens (tertiary/aromatic N) is 2. The van der Waals surface area contributed by atoms with Crippen LogP contribution in [0.5, 0.6) is 0 Å². The third-order valence-electron chi connectivity index (χ3n) is 4.76. The van der Waals surface area contributed by atoms with Crippen molar-refractivity contribution in [1.82, 2.24) is 4.98 Å². The van der Waals surface area contributed by atoms with Crippen LogP contribution in [0, 0.1) is 0 Å². The smallest absolute Gasteiger partial charge is 0.257 e. The molecule has 1 aliphatic carbocycles. The molecule has 1 heterocycles. The molecule has 0 bridgehead atoms. The van der Waals surface area contributed by atoms with Gasteiger partial charge in [0.05, 0.1) is 11.0 Å². The van der Waals surface area contributed by atoms with Crippen LogP contribution in [-0.4, -0.2) is 21.2 Å². The van der Waals surface area contributed by atoms with Crippen molar-refractivity contribution < 1.29 is 9.62 Å². The predicted octanol–water partition coefficient (Wildman–Crippen LogP) is 6.43. The van der Waals surface area contributed by atoms with E-state index in [1.54, 1.807) is 11.8 Å². The van der Waals surface area contributed by atoms with Gasteiger partial charge in [0.25, 0.3) is 5.22 Å². The van der Waals surface area contributed by atoms with Crippen LogP contribution in [0.1, 0.15) is 25.7 Å². The Kier molecular flexibility index (Phi) is 5.92. The first kappa shape index (κ1) is 18.6. The first-order valence-corrected chi connectivity index (χ1v) is 10.4. The number of oxazole rings is 1. The van der Waals surface area contributed by atoms with Gasteiger partial charge in [0.15, 0.2) is 5.76 Å². The lowest BCUT2D eigenvalue weighted by molar-refractivity contribution is 0.316. The Morgan fingerprint density at radius 3 is 2.32 bits per heavy atom. The summed E-state index contributed by atoms with van der Waals surface area (Å²) in [5, 5.41) is 13.7. The summed E-state index contributed by atoms with van der Waals surface area (Å²) in [7, 11) is 0. The molecular weight excluding hydrogens is 368 g/mol. The second-order valence-electron chi connectivity index (χ2n) is 6.67. The number of benzene rings is 2. The van der Waals surface area contributed by atoms with Crippen LogP contribution in [0.25, 0.3) is 22.6 Å². The SMILES string of the molecule is O/N=C1\CCC=CCC[C@H]1Sc1nc(-c2ccccc2)c(-c2ccccc2)o1. The molecule has 0 fully saturated rings. The first-order valence-electron chi connectivity index (χ1n) is 9.49. The van der Waals surface area contributed by atoms with Gasteiger partial charge in [-0.2, -0.15) is 0 Å². The van der Waals surface area contributed by atoms with Crippen LogP contribution >= 0.6 is 11.8 Å². The number of thioether (sulfide) groups is 1. The van der Waals surface area contributed by atoms with E-state index >= 15 is 0 Å². The summed E-state index contributed by atoms with van der Waals surface area (Å²) < 4.78 is 6.22. The van der Waals surface area contributed by atoms with E-state index in [9.17, 15) is 5.21 Å². The number of oxime groups is 1. The fourth-order valence-corrected chi connectivity index (χ4v) is 4.41. The molecule has 0 unspecified atom stereocenters. The van der Waals surface area contributed by atoms with E-state index < -0.39 is 0 Å². The van der Waals surface area contributed by atoms with Gasteiger partial charge in [-0.1, -0.05) is 89.7 Å². The highest BCUT2D eigenvalue weighted by Gasteiger charge is 2.24. The molecule has 1 aromatic heterocycles. The van der Waals surface area contributed by atoms with Gasteiger partial charge in [0.2, 0.25) is 0 Å². The first-order chi connectivity index (χ1) is 13.8. The Labute approximate surface area is 169 Å². The van der Waals surface area contributed by atoms with Crippen molar-refractivity contribution in [1.29, 1.82) is 0 Å². The number of allylic oxidation sites excluding steroid dienone is 2. The van der Waals surface area contributed by atoms with E-state index in [2.05, 4.69) is 17.3 Å². The fraction of sp³-hybridized carbons (Fsp3) is 0.217. The van der Waals surface area contributed by atoms with E-state index in [1.807, 2.05) is 60.7 Å². The van der Waals surface area contributed by atoms with Crippen molar-refractivity contribution in [2.24, 2.45) is 5.16 Å². The minimum absolute atomic E-state index is 0.0563. The molecule has 0 aliphatic heterocycles. The van der Waals surface area contributed by atoms with E-state index in [-0.39, 0.29) is 5.25 Å². The van der Waals surface area contributed by atoms with Crippen molar-refractivity contribution in [3.8, 4) is 22.6 Å². The van der Waals surface area contributed by atoms with E-state index in [4.69, 9.17) is 9.40 Å². The topological polar surface area (TPSA) is 58.6 Å². The predicted molar refractivity (Wildman–Crippen MR) is 114 cm³/mol. The molecule has 5 heteroatoms. The molecule has 0 spiro atoms. The second-order valence-corrected chi connectivity index (χ2v) is 7.83. The van der Waals surface area contributed by atoms with Crippen molar-refractivity contribution in [2.45, 2.75) is 36.2 Å². The lowest BCUT2D eigenvalue weighted by Gasteiger charge is -2.16. The molecule has 0 radical (unpaired) electrons. The fourth-order valence-electron chi connectivity index (χ4n) is 3.33. The van der Waals surface area contributed by atoms with Crippen LogP contribution < -0.4 is 0 Å². The van der Waals surface area contributed by atoms with Crippen molar-refractivity contribution in [2.75, 3.05) is 0 Å². The monoisotopic (exact) mass is 390 g/mol. The molecule has 1 N–H and O–H groups in total. The average molecular weight is 391 g/mol. The molecule has 1 aliphatic rings.